The summed E-state index contributed by atoms with van der Waals surface area (Å²) in [5, 5.41) is 4.05. The fourth-order valence-corrected chi connectivity index (χ4v) is 7.38. The Kier molecular flexibility index (Phi) is 10.4. The van der Waals surface area contributed by atoms with Gasteiger partial charge in [0.2, 0.25) is 10.0 Å². The van der Waals surface area contributed by atoms with Crippen molar-refractivity contribution < 1.29 is 22.7 Å². The van der Waals surface area contributed by atoms with E-state index in [0.29, 0.717) is 42.3 Å². The summed E-state index contributed by atoms with van der Waals surface area (Å²) >= 11 is 6.05. The number of hydrogen-bond acceptors (Lipinski definition) is 9. The molecule has 0 unspecified atom stereocenters. The van der Waals surface area contributed by atoms with Gasteiger partial charge in [-0.25, -0.2) is 22.7 Å². The predicted octanol–water partition coefficient (Wildman–Crippen LogP) is 3.82. The molecule has 0 aliphatic carbocycles. The quantitative estimate of drug-likeness (QED) is 0.439. The Bertz CT molecular complexity index is 1350. The zero-order valence-electron chi connectivity index (χ0n) is 25.2. The second-order valence-corrected chi connectivity index (χ2v) is 14.3. The zero-order valence-corrected chi connectivity index (χ0v) is 26.8. The van der Waals surface area contributed by atoms with Crippen molar-refractivity contribution in [3.05, 3.63) is 46.9 Å². The number of methoxy groups -OCH3 is 1. The van der Waals surface area contributed by atoms with E-state index >= 15 is 0 Å². The number of sulfonamides is 1. The highest BCUT2D eigenvalue weighted by Crippen LogP contribution is 2.33. The van der Waals surface area contributed by atoms with Crippen LogP contribution in [0.25, 0.3) is 0 Å². The van der Waals surface area contributed by atoms with Crippen LogP contribution in [0.4, 0.5) is 5.82 Å². The van der Waals surface area contributed by atoms with E-state index in [1.807, 2.05) is 29.2 Å². The molecule has 3 aliphatic rings. The Morgan fingerprint density at radius 2 is 1.77 bits per heavy atom. The SMILES string of the molecule is COc1c(NC[C@@H]2CCC[C@H](c3ccc(Cl)cc3)O2)ncnc1C(=O)N1CCC(N2CCC(N(C)S(C)(=O)=O)CC2)CC1. The van der Waals surface area contributed by atoms with Gasteiger partial charge in [-0.15, -0.1) is 0 Å². The Morgan fingerprint density at radius 1 is 1.07 bits per heavy atom. The number of amides is 1. The highest BCUT2D eigenvalue weighted by atomic mass is 35.5. The van der Waals surface area contributed by atoms with Gasteiger partial charge in [-0.2, -0.15) is 0 Å². The first-order valence-corrected chi connectivity index (χ1v) is 17.4. The number of carbonyl (C=O) groups excluding carboxylic acids is 1. The average molecular weight is 635 g/mol. The van der Waals surface area contributed by atoms with Crippen molar-refractivity contribution in [3.63, 3.8) is 0 Å². The van der Waals surface area contributed by atoms with Crippen molar-refractivity contribution in [2.45, 2.75) is 69.2 Å². The van der Waals surface area contributed by atoms with Crippen LogP contribution in [0.3, 0.4) is 0 Å². The highest BCUT2D eigenvalue weighted by Gasteiger charge is 2.34. The van der Waals surface area contributed by atoms with Crippen molar-refractivity contribution in [2.75, 3.05) is 58.5 Å². The lowest BCUT2D eigenvalue weighted by atomic mass is 9.97. The molecule has 236 valence electrons. The molecule has 1 aromatic heterocycles. The van der Waals surface area contributed by atoms with Crippen LogP contribution in [0.1, 0.15) is 67.1 Å². The summed E-state index contributed by atoms with van der Waals surface area (Å²) < 4.78 is 37.4. The van der Waals surface area contributed by atoms with Crippen LogP contribution >= 0.6 is 11.6 Å². The summed E-state index contributed by atoms with van der Waals surface area (Å²) in [5.74, 6) is 0.664. The molecule has 11 nitrogen and oxygen atoms in total. The van der Waals surface area contributed by atoms with E-state index in [1.165, 1.54) is 24.0 Å². The van der Waals surface area contributed by atoms with E-state index in [9.17, 15) is 13.2 Å². The van der Waals surface area contributed by atoms with Gasteiger partial charge in [-0.05, 0) is 75.7 Å². The van der Waals surface area contributed by atoms with Crippen LogP contribution < -0.4 is 10.1 Å². The summed E-state index contributed by atoms with van der Waals surface area (Å²) in [6.45, 7) is 3.52. The number of likely N-dealkylation sites (tertiary alicyclic amines) is 2. The van der Waals surface area contributed by atoms with E-state index in [4.69, 9.17) is 21.1 Å². The Labute approximate surface area is 259 Å². The molecule has 3 fully saturated rings. The molecule has 1 N–H and O–H groups in total. The molecule has 3 saturated heterocycles. The van der Waals surface area contributed by atoms with Gasteiger partial charge in [0.1, 0.15) is 6.33 Å². The lowest BCUT2D eigenvalue weighted by Gasteiger charge is -2.43. The zero-order chi connectivity index (χ0) is 30.6. The number of rotatable bonds is 9. The van der Waals surface area contributed by atoms with E-state index < -0.39 is 10.0 Å². The number of hydrogen-bond donors (Lipinski definition) is 1. The number of aromatic nitrogens is 2. The Morgan fingerprint density at radius 3 is 2.42 bits per heavy atom. The Hall–Kier alpha value is -2.51. The molecule has 0 radical (unpaired) electrons. The van der Waals surface area contributed by atoms with E-state index in [1.54, 1.807) is 7.05 Å². The van der Waals surface area contributed by atoms with Gasteiger partial charge in [-0.3, -0.25) is 4.79 Å². The predicted molar refractivity (Wildman–Crippen MR) is 166 cm³/mol. The molecule has 13 heteroatoms. The molecule has 1 amide bonds. The lowest BCUT2D eigenvalue weighted by molar-refractivity contribution is -0.0442. The van der Waals surface area contributed by atoms with Crippen molar-refractivity contribution in [3.8, 4) is 5.75 Å². The molecular weight excluding hydrogens is 592 g/mol. The topological polar surface area (TPSA) is 117 Å². The van der Waals surface area contributed by atoms with Crippen molar-refractivity contribution in [1.29, 1.82) is 0 Å². The number of ether oxygens (including phenoxy) is 2. The number of nitrogens with zero attached hydrogens (tertiary/aromatic N) is 5. The van der Waals surface area contributed by atoms with Gasteiger partial charge in [0.15, 0.2) is 17.3 Å². The highest BCUT2D eigenvalue weighted by molar-refractivity contribution is 7.88. The largest absolute Gasteiger partial charge is 0.491 e. The molecule has 4 heterocycles. The van der Waals surface area contributed by atoms with Crippen LogP contribution in [-0.2, 0) is 14.8 Å². The first-order valence-electron chi connectivity index (χ1n) is 15.1. The lowest BCUT2D eigenvalue weighted by Crippen LogP contribution is -2.52. The number of nitrogens with one attached hydrogen (secondary N) is 1. The summed E-state index contributed by atoms with van der Waals surface area (Å²) in [4.78, 5) is 26.6. The molecular formula is C30H43ClN6O5S. The second kappa shape index (κ2) is 14.1. The van der Waals surface area contributed by atoms with Gasteiger partial charge in [-0.1, -0.05) is 23.7 Å². The molecule has 1 aromatic carbocycles. The van der Waals surface area contributed by atoms with Gasteiger partial charge in [0.25, 0.3) is 5.91 Å². The van der Waals surface area contributed by atoms with E-state index in [0.717, 1.165) is 63.6 Å². The number of benzene rings is 1. The number of halogens is 1. The Balaban J connectivity index is 1.14. The fourth-order valence-electron chi connectivity index (χ4n) is 6.50. The second-order valence-electron chi connectivity index (χ2n) is 11.8. The fraction of sp³-hybridized carbons (Fsp3) is 0.633. The summed E-state index contributed by atoms with van der Waals surface area (Å²) in [6, 6.07) is 8.24. The summed E-state index contributed by atoms with van der Waals surface area (Å²) in [6.07, 6.45) is 9.00. The minimum Gasteiger partial charge on any atom is -0.491 e. The third-order valence-corrected chi connectivity index (χ3v) is 10.7. The molecule has 2 atom stereocenters. The van der Waals surface area contributed by atoms with E-state index in [2.05, 4.69) is 20.2 Å². The van der Waals surface area contributed by atoms with Crippen LogP contribution in [-0.4, -0.2) is 110 Å². The number of carbonyl (C=O) groups is 1. The maximum atomic E-state index is 13.6. The first kappa shape index (κ1) is 31.9. The molecule has 0 saturated carbocycles. The van der Waals surface area contributed by atoms with Crippen LogP contribution in [0.2, 0.25) is 5.02 Å². The molecule has 0 spiro atoms. The normalized spacial score (nSPS) is 23.0. The third-order valence-electron chi connectivity index (χ3n) is 9.10. The number of piperidine rings is 2. The molecule has 5 rings (SSSR count). The van der Waals surface area contributed by atoms with E-state index in [-0.39, 0.29) is 29.9 Å². The average Bonchev–Trinajstić information content (AvgIpc) is 3.03. The first-order chi connectivity index (χ1) is 20.6. The van der Waals surface area contributed by atoms with Crippen molar-refractivity contribution in [2.24, 2.45) is 0 Å². The summed E-state index contributed by atoms with van der Waals surface area (Å²) in [7, 11) is 0.0189. The van der Waals surface area contributed by atoms with Gasteiger partial charge in [0.05, 0.1) is 25.6 Å². The smallest absolute Gasteiger partial charge is 0.276 e. The molecule has 0 bridgehead atoms. The molecule has 2 aromatic rings. The monoisotopic (exact) mass is 634 g/mol. The summed E-state index contributed by atoms with van der Waals surface area (Å²) in [5.41, 5.74) is 1.38. The standard InChI is InChI=1S/C30H43ClN6O5S/c1-35(43(3,39)40)23-11-15-36(16-12-23)24-13-17-37(18-14-24)30(38)27-28(41-2)29(34-20-33-27)32-19-25-5-4-6-26(42-25)21-7-9-22(31)10-8-21/h7-10,20,23-26H,4-6,11-19H2,1-3H3,(H,32,33,34)/t25-,26+/m0/s1. The van der Waals surface area contributed by atoms with Crippen molar-refractivity contribution >= 4 is 33.3 Å². The number of anilines is 1. The van der Waals surface area contributed by atoms with Crippen molar-refractivity contribution in [1.82, 2.24) is 24.1 Å². The van der Waals surface area contributed by atoms with Crippen LogP contribution in [0.5, 0.6) is 5.75 Å². The maximum absolute atomic E-state index is 13.6. The van der Waals surface area contributed by atoms with Gasteiger partial charge >= 0.3 is 0 Å². The maximum Gasteiger partial charge on any atom is 0.276 e. The molecule has 3 aliphatic heterocycles. The molecule has 43 heavy (non-hydrogen) atoms. The van der Waals surface area contributed by atoms with Crippen LogP contribution in [0, 0.1) is 0 Å². The minimum absolute atomic E-state index is 0.0101. The van der Waals surface area contributed by atoms with Crippen LogP contribution in [0.15, 0.2) is 30.6 Å². The third kappa shape index (κ3) is 7.78. The minimum atomic E-state index is -3.18. The van der Waals surface area contributed by atoms with Gasteiger partial charge < -0.3 is 24.6 Å². The van der Waals surface area contributed by atoms with Gasteiger partial charge in [0, 0.05) is 43.8 Å².